The number of benzene rings is 3. The van der Waals surface area contributed by atoms with Gasteiger partial charge in [-0.25, -0.2) is 0 Å². The Hall–Kier alpha value is -0.880. The number of alkyl halides is 3. The fourth-order valence-electron chi connectivity index (χ4n) is 2.44. The predicted octanol–water partition coefficient (Wildman–Crippen LogP) is 9.28. The van der Waals surface area contributed by atoms with E-state index in [2.05, 4.69) is 20.3 Å². The second kappa shape index (κ2) is 11.0. The molecule has 0 saturated heterocycles. The highest BCUT2D eigenvalue weighted by molar-refractivity contribution is 8.15. The van der Waals surface area contributed by atoms with Crippen LogP contribution in [0, 0.1) is 0 Å². The van der Waals surface area contributed by atoms with Crippen molar-refractivity contribution in [3.63, 3.8) is 0 Å². The van der Waals surface area contributed by atoms with Crippen molar-refractivity contribution >= 4 is 111 Å². The van der Waals surface area contributed by atoms with Crippen LogP contribution >= 0.6 is 76.1 Å². The van der Waals surface area contributed by atoms with Crippen LogP contribution in [0.4, 0.5) is 17.1 Å². The van der Waals surface area contributed by atoms with Crippen LogP contribution in [0.1, 0.15) is 0 Å². The Morgan fingerprint density at radius 3 is 1.34 bits per heavy atom. The molecule has 0 bridgehead atoms. The molecule has 12 heteroatoms. The zero-order valence-corrected chi connectivity index (χ0v) is 22.2. The van der Waals surface area contributed by atoms with Crippen molar-refractivity contribution in [3.8, 4) is 0 Å². The molecule has 0 atom stereocenters. The molecule has 3 rings (SSSR count). The van der Waals surface area contributed by atoms with Crippen molar-refractivity contribution < 1.29 is 0 Å². The zero-order chi connectivity index (χ0) is 23.4. The Morgan fingerprint density at radius 1 is 0.656 bits per heavy atom. The summed E-state index contributed by atoms with van der Waals surface area (Å²) in [5, 5.41) is 11.3. The molecule has 0 saturated carbocycles. The lowest BCUT2D eigenvalue weighted by atomic mass is 10.3. The quantitative estimate of drug-likeness (QED) is 0.117. The highest BCUT2D eigenvalue weighted by Gasteiger charge is 2.31. The normalized spacial score (nSPS) is 12.4. The van der Waals surface area contributed by atoms with Crippen molar-refractivity contribution in [1.82, 2.24) is 0 Å². The van der Waals surface area contributed by atoms with Crippen LogP contribution < -0.4 is 15.5 Å². The van der Waals surface area contributed by atoms with E-state index in [0.29, 0.717) is 32.1 Å². The summed E-state index contributed by atoms with van der Waals surface area (Å²) in [6.45, 7) is -3.00. The van der Waals surface area contributed by atoms with Gasteiger partial charge in [0.25, 0.3) is 0 Å². The molecule has 32 heavy (non-hydrogen) atoms. The fraction of sp³-hybridized carbons (Fsp3) is 0.0500. The number of rotatable bonds is 6. The first kappa shape index (κ1) is 25.7. The van der Waals surface area contributed by atoms with Gasteiger partial charge in [0.15, 0.2) is 5.84 Å². The molecule has 0 unspecified atom stereocenters. The molecule has 168 valence electrons. The third-order valence-electron chi connectivity index (χ3n) is 3.87. The Kier molecular flexibility index (Phi) is 8.87. The standard InChI is InChI=1S/C20H15Cl6N4PS/c21-13-1-7-16(8-2-13)27-19(20(24,25)26)30-31(32,28-17-9-3-14(22)4-10-17)29-18-11-5-15(23)6-12-18/h1-12H,(H3,27,28,29,30,32). The van der Waals surface area contributed by atoms with E-state index >= 15 is 0 Å². The van der Waals surface area contributed by atoms with E-state index in [9.17, 15) is 0 Å². The summed E-state index contributed by atoms with van der Waals surface area (Å²) >= 11 is 42.6. The van der Waals surface area contributed by atoms with Gasteiger partial charge in [-0.3, -0.25) is 0 Å². The SMILES string of the molecule is S=P(N=C(Nc1ccc(Cl)cc1)C(Cl)(Cl)Cl)(Nc1ccc(Cl)cc1)Nc1ccc(Cl)cc1. The minimum Gasteiger partial charge on any atom is -0.340 e. The molecule has 0 aliphatic rings. The molecule has 0 aliphatic carbocycles. The van der Waals surface area contributed by atoms with Gasteiger partial charge in [0.2, 0.25) is 10.3 Å². The second-order valence-electron chi connectivity index (χ2n) is 6.39. The number of hydrogen-bond acceptors (Lipinski definition) is 1. The molecule has 3 N–H and O–H groups in total. The minimum atomic E-state index is -3.00. The second-order valence-corrected chi connectivity index (χ2v) is 13.4. The number of nitrogens with one attached hydrogen (secondary N) is 3. The van der Waals surface area contributed by atoms with E-state index in [1.165, 1.54) is 0 Å². The van der Waals surface area contributed by atoms with E-state index in [4.69, 9.17) is 81.4 Å². The number of nitrogens with zero attached hydrogens (tertiary/aromatic N) is 1. The molecule has 0 spiro atoms. The summed E-state index contributed by atoms with van der Waals surface area (Å²) in [7, 11) is 0. The van der Waals surface area contributed by atoms with Crippen LogP contribution in [0.5, 0.6) is 0 Å². The number of hydrogen-bond donors (Lipinski definition) is 3. The molecule has 0 aliphatic heterocycles. The summed E-state index contributed by atoms with van der Waals surface area (Å²) in [4.78, 5) is 0. The summed E-state index contributed by atoms with van der Waals surface area (Å²) < 4.78 is 2.76. The van der Waals surface area contributed by atoms with Gasteiger partial charge in [-0.15, -0.1) is 0 Å². The van der Waals surface area contributed by atoms with Crippen molar-refractivity contribution in [2.45, 2.75) is 3.79 Å². The third kappa shape index (κ3) is 7.86. The maximum atomic E-state index is 6.23. The lowest BCUT2D eigenvalue weighted by Gasteiger charge is -2.26. The Bertz CT molecular complexity index is 1080. The maximum absolute atomic E-state index is 6.23. The van der Waals surface area contributed by atoms with Crippen LogP contribution in [0.25, 0.3) is 0 Å². The highest BCUT2D eigenvalue weighted by Crippen LogP contribution is 2.49. The Morgan fingerprint density at radius 2 is 1.00 bits per heavy atom. The molecule has 4 nitrogen and oxygen atoms in total. The summed E-state index contributed by atoms with van der Waals surface area (Å²) in [5.74, 6) is 0.0380. The van der Waals surface area contributed by atoms with Gasteiger partial charge in [-0.1, -0.05) is 69.6 Å². The summed E-state index contributed by atoms with van der Waals surface area (Å²) in [6.07, 6.45) is 0. The van der Waals surface area contributed by atoms with Crippen LogP contribution in [0.15, 0.2) is 77.6 Å². The molecule has 3 aromatic rings. The number of anilines is 3. The molecular weight excluding hydrogens is 572 g/mol. The van der Waals surface area contributed by atoms with E-state index in [1.54, 1.807) is 72.8 Å². The largest absolute Gasteiger partial charge is 0.340 e. The van der Waals surface area contributed by atoms with Crippen LogP contribution in [0.3, 0.4) is 0 Å². The van der Waals surface area contributed by atoms with Crippen LogP contribution in [-0.4, -0.2) is 9.63 Å². The summed E-state index contributed by atoms with van der Waals surface area (Å²) in [6, 6.07) is 20.9. The number of amidine groups is 1. The van der Waals surface area contributed by atoms with Crippen molar-refractivity contribution in [2.75, 3.05) is 15.5 Å². The van der Waals surface area contributed by atoms with Gasteiger partial charge in [0.05, 0.1) is 0 Å². The molecule has 0 fully saturated rings. The monoisotopic (exact) mass is 584 g/mol. The van der Waals surface area contributed by atoms with Crippen molar-refractivity contribution in [3.05, 3.63) is 87.9 Å². The topological polar surface area (TPSA) is 48.5 Å². The lowest BCUT2D eigenvalue weighted by molar-refractivity contribution is 1.46. The Balaban J connectivity index is 2.01. The third-order valence-corrected chi connectivity index (χ3v) is 7.56. The van der Waals surface area contributed by atoms with Gasteiger partial charge in [-0.2, -0.15) is 4.76 Å². The maximum Gasteiger partial charge on any atom is 0.248 e. The van der Waals surface area contributed by atoms with E-state index in [-0.39, 0.29) is 5.84 Å². The molecule has 0 heterocycles. The fourth-order valence-corrected chi connectivity index (χ4v) is 5.78. The number of halogens is 6. The highest BCUT2D eigenvalue weighted by atomic mass is 35.6. The van der Waals surface area contributed by atoms with E-state index < -0.39 is 10.3 Å². The van der Waals surface area contributed by atoms with Gasteiger partial charge < -0.3 is 15.5 Å². The van der Waals surface area contributed by atoms with Crippen molar-refractivity contribution in [1.29, 1.82) is 0 Å². The summed E-state index contributed by atoms with van der Waals surface area (Å²) in [5.41, 5.74) is 2.01. The van der Waals surface area contributed by atoms with Gasteiger partial charge in [-0.05, 0) is 84.6 Å². The first-order valence-electron chi connectivity index (χ1n) is 8.90. The lowest BCUT2D eigenvalue weighted by Crippen LogP contribution is -2.28. The van der Waals surface area contributed by atoms with Gasteiger partial charge in [0.1, 0.15) is 0 Å². The van der Waals surface area contributed by atoms with Gasteiger partial charge >= 0.3 is 0 Å². The first-order valence-corrected chi connectivity index (χ1v) is 13.9. The Labute approximate surface area is 221 Å². The molecule has 0 aromatic heterocycles. The predicted molar refractivity (Wildman–Crippen MR) is 147 cm³/mol. The molecular formula is C20H15Cl6N4PS. The van der Waals surface area contributed by atoms with E-state index in [1.807, 2.05) is 0 Å². The average molecular weight is 587 g/mol. The van der Waals surface area contributed by atoms with Gasteiger partial charge in [0, 0.05) is 32.1 Å². The average Bonchev–Trinajstić information content (AvgIpc) is 2.72. The van der Waals surface area contributed by atoms with Crippen molar-refractivity contribution in [2.24, 2.45) is 4.76 Å². The smallest absolute Gasteiger partial charge is 0.248 e. The zero-order valence-electron chi connectivity index (χ0n) is 16.0. The molecule has 3 aromatic carbocycles. The van der Waals surface area contributed by atoms with E-state index in [0.717, 1.165) is 0 Å². The minimum absolute atomic E-state index is 0.0380. The first-order chi connectivity index (χ1) is 15.0. The molecule has 0 amide bonds. The van der Waals surface area contributed by atoms with Crippen LogP contribution in [0.2, 0.25) is 15.1 Å². The van der Waals surface area contributed by atoms with Crippen LogP contribution in [-0.2, 0) is 11.8 Å². The molecule has 0 radical (unpaired) electrons.